The minimum absolute atomic E-state index is 0.323. The lowest BCUT2D eigenvalue weighted by atomic mass is 9.85. The summed E-state index contributed by atoms with van der Waals surface area (Å²) >= 11 is 0. The molecule has 2 aromatic rings. The van der Waals surface area contributed by atoms with Gasteiger partial charge in [-0.05, 0) is 36.4 Å². The van der Waals surface area contributed by atoms with E-state index in [9.17, 15) is 18.0 Å². The van der Waals surface area contributed by atoms with E-state index in [1.54, 1.807) is 12.0 Å². The number of benzene rings is 2. The van der Waals surface area contributed by atoms with Gasteiger partial charge < -0.3 is 24.5 Å². The van der Waals surface area contributed by atoms with Gasteiger partial charge in [0.25, 0.3) is 0 Å². The van der Waals surface area contributed by atoms with Crippen LogP contribution < -0.4 is 14.8 Å². The molecule has 1 spiro atoms. The molecule has 10 heteroatoms. The maximum Gasteiger partial charge on any atom is 0.573 e. The molecule has 0 unspecified atom stereocenters. The number of carbonyl (C=O) groups excluding carboxylic acids is 1. The summed E-state index contributed by atoms with van der Waals surface area (Å²) in [5.41, 5.74) is 1.74. The Morgan fingerprint density at radius 3 is 2.50 bits per heavy atom. The van der Waals surface area contributed by atoms with E-state index in [-0.39, 0.29) is 11.8 Å². The van der Waals surface area contributed by atoms with E-state index in [4.69, 9.17) is 9.57 Å². The van der Waals surface area contributed by atoms with Crippen molar-refractivity contribution in [1.29, 1.82) is 0 Å². The first-order valence-electron chi connectivity index (χ1n) is 10.1. The first-order chi connectivity index (χ1) is 15.3. The van der Waals surface area contributed by atoms with Gasteiger partial charge in [-0.15, -0.1) is 13.2 Å². The van der Waals surface area contributed by atoms with Crippen molar-refractivity contribution in [1.82, 2.24) is 4.90 Å². The first kappa shape index (κ1) is 21.8. The SMILES string of the molecule is COc1cccc(C2=NOC3(CCN(C(=O)Nc4ccc(OC(F)(F)F)cc4)CC3)C2)c1. The highest BCUT2D eigenvalue weighted by Crippen LogP contribution is 2.36. The third-order valence-electron chi connectivity index (χ3n) is 5.54. The highest BCUT2D eigenvalue weighted by Gasteiger charge is 2.43. The van der Waals surface area contributed by atoms with Crippen LogP contribution in [-0.4, -0.2) is 48.8 Å². The first-order valence-corrected chi connectivity index (χ1v) is 10.1. The van der Waals surface area contributed by atoms with Crippen molar-refractivity contribution < 1.29 is 32.3 Å². The van der Waals surface area contributed by atoms with Crippen LogP contribution in [-0.2, 0) is 4.84 Å². The van der Waals surface area contributed by atoms with Crippen molar-refractivity contribution in [2.24, 2.45) is 5.16 Å². The molecule has 2 aliphatic heterocycles. The van der Waals surface area contributed by atoms with Crippen molar-refractivity contribution in [3.05, 3.63) is 54.1 Å². The van der Waals surface area contributed by atoms with Gasteiger partial charge in [0.1, 0.15) is 17.1 Å². The lowest BCUT2D eigenvalue weighted by Gasteiger charge is -2.37. The van der Waals surface area contributed by atoms with Crippen LogP contribution in [0.3, 0.4) is 0 Å². The number of alkyl halides is 3. The van der Waals surface area contributed by atoms with Crippen LogP contribution in [0.2, 0.25) is 0 Å². The monoisotopic (exact) mass is 449 g/mol. The van der Waals surface area contributed by atoms with E-state index >= 15 is 0 Å². The molecule has 0 saturated carbocycles. The van der Waals surface area contributed by atoms with Gasteiger partial charge >= 0.3 is 12.4 Å². The molecular weight excluding hydrogens is 427 g/mol. The van der Waals surface area contributed by atoms with E-state index in [2.05, 4.69) is 15.2 Å². The minimum Gasteiger partial charge on any atom is -0.497 e. The van der Waals surface area contributed by atoms with E-state index in [0.717, 1.165) is 29.2 Å². The molecule has 4 rings (SSSR count). The topological polar surface area (TPSA) is 72.4 Å². The van der Waals surface area contributed by atoms with Gasteiger partial charge in [-0.3, -0.25) is 0 Å². The molecule has 7 nitrogen and oxygen atoms in total. The zero-order valence-electron chi connectivity index (χ0n) is 17.3. The Kier molecular flexibility index (Phi) is 5.86. The molecular formula is C22H22F3N3O4. The molecule has 0 bridgehead atoms. The zero-order chi connectivity index (χ0) is 22.8. The van der Waals surface area contributed by atoms with Crippen LogP contribution in [0, 0.1) is 0 Å². The average molecular weight is 449 g/mol. The van der Waals surface area contributed by atoms with Gasteiger partial charge in [-0.1, -0.05) is 17.3 Å². The Labute approximate surface area is 182 Å². The van der Waals surface area contributed by atoms with Gasteiger partial charge in [0.15, 0.2) is 0 Å². The summed E-state index contributed by atoms with van der Waals surface area (Å²) in [6.45, 7) is 0.948. The molecule has 0 aliphatic carbocycles. The Morgan fingerprint density at radius 2 is 1.84 bits per heavy atom. The molecule has 2 heterocycles. The van der Waals surface area contributed by atoms with Gasteiger partial charge in [-0.25, -0.2) is 4.79 Å². The summed E-state index contributed by atoms with van der Waals surface area (Å²) in [6, 6.07) is 12.3. The maximum atomic E-state index is 12.6. The Balaban J connectivity index is 1.30. The normalized spacial score (nSPS) is 17.5. The van der Waals surface area contributed by atoms with Crippen molar-refractivity contribution in [2.45, 2.75) is 31.2 Å². The average Bonchev–Trinajstić information content (AvgIpc) is 3.18. The number of ether oxygens (including phenoxy) is 2. The van der Waals surface area contributed by atoms with Crippen LogP contribution >= 0.6 is 0 Å². The van der Waals surface area contributed by atoms with Gasteiger partial charge in [0, 0.05) is 43.6 Å². The number of hydrogen-bond donors (Lipinski definition) is 1. The lowest BCUT2D eigenvalue weighted by Crippen LogP contribution is -2.48. The number of oxime groups is 1. The van der Waals surface area contributed by atoms with Crippen molar-refractivity contribution in [2.75, 3.05) is 25.5 Å². The fourth-order valence-electron chi connectivity index (χ4n) is 3.81. The number of rotatable bonds is 4. The number of likely N-dealkylation sites (tertiary alicyclic amines) is 1. The molecule has 32 heavy (non-hydrogen) atoms. The minimum atomic E-state index is -4.76. The molecule has 2 aromatic carbocycles. The molecule has 170 valence electrons. The molecule has 2 amide bonds. The summed E-state index contributed by atoms with van der Waals surface area (Å²) in [6.07, 6.45) is -2.87. The molecule has 2 aliphatic rings. The number of hydrogen-bond acceptors (Lipinski definition) is 5. The summed E-state index contributed by atoms with van der Waals surface area (Å²) in [4.78, 5) is 20.0. The second-order valence-electron chi connectivity index (χ2n) is 7.71. The second kappa shape index (κ2) is 8.60. The number of halogens is 3. The van der Waals surface area contributed by atoms with Crippen molar-refractivity contribution in [3.8, 4) is 11.5 Å². The maximum absolute atomic E-state index is 12.6. The standard InChI is InChI=1S/C22H22F3N3O4/c1-30-18-4-2-3-15(13-18)19-14-21(32-27-19)9-11-28(12-10-21)20(29)26-16-5-7-17(8-6-16)31-22(23,24)25/h2-8,13H,9-12,14H2,1H3,(H,26,29). The number of methoxy groups -OCH3 is 1. The predicted octanol–water partition coefficient (Wildman–Crippen LogP) is 4.78. The van der Waals surface area contributed by atoms with Crippen LogP contribution in [0.4, 0.5) is 23.7 Å². The molecule has 0 atom stereocenters. The number of nitrogens with one attached hydrogen (secondary N) is 1. The fraction of sp³-hybridized carbons (Fsp3) is 0.364. The van der Waals surface area contributed by atoms with Gasteiger partial charge in [0.05, 0.1) is 12.8 Å². The van der Waals surface area contributed by atoms with E-state index in [1.807, 2.05) is 24.3 Å². The van der Waals surface area contributed by atoms with Crippen molar-refractivity contribution in [3.63, 3.8) is 0 Å². The zero-order valence-corrected chi connectivity index (χ0v) is 17.3. The predicted molar refractivity (Wildman–Crippen MR) is 111 cm³/mol. The van der Waals surface area contributed by atoms with E-state index < -0.39 is 12.0 Å². The number of anilines is 1. The Bertz CT molecular complexity index is 1000. The van der Waals surface area contributed by atoms with Crippen LogP contribution in [0.1, 0.15) is 24.8 Å². The van der Waals surface area contributed by atoms with Crippen LogP contribution in [0.5, 0.6) is 11.5 Å². The third-order valence-corrected chi connectivity index (χ3v) is 5.54. The third kappa shape index (κ3) is 5.06. The highest BCUT2D eigenvalue weighted by atomic mass is 19.4. The lowest BCUT2D eigenvalue weighted by molar-refractivity contribution is -0.274. The smallest absolute Gasteiger partial charge is 0.497 e. The molecule has 1 N–H and O–H groups in total. The number of piperidine rings is 1. The summed E-state index contributed by atoms with van der Waals surface area (Å²) in [7, 11) is 1.61. The second-order valence-corrected chi connectivity index (χ2v) is 7.71. The van der Waals surface area contributed by atoms with Crippen LogP contribution in [0.15, 0.2) is 53.7 Å². The number of nitrogens with zero attached hydrogens (tertiary/aromatic N) is 2. The number of urea groups is 1. The van der Waals surface area contributed by atoms with Gasteiger partial charge in [-0.2, -0.15) is 0 Å². The Hall–Kier alpha value is -3.43. The summed E-state index contributed by atoms with van der Waals surface area (Å²) in [5, 5.41) is 6.97. The number of carbonyl (C=O) groups is 1. The fourth-order valence-corrected chi connectivity index (χ4v) is 3.81. The van der Waals surface area contributed by atoms with Gasteiger partial charge in [0.2, 0.25) is 0 Å². The summed E-state index contributed by atoms with van der Waals surface area (Å²) < 4.78 is 45.9. The van der Waals surface area contributed by atoms with E-state index in [1.165, 1.54) is 12.1 Å². The highest BCUT2D eigenvalue weighted by molar-refractivity contribution is 6.02. The van der Waals surface area contributed by atoms with Crippen LogP contribution in [0.25, 0.3) is 0 Å². The van der Waals surface area contributed by atoms with E-state index in [0.29, 0.717) is 38.0 Å². The largest absolute Gasteiger partial charge is 0.573 e. The molecule has 1 fully saturated rings. The summed E-state index contributed by atoms with van der Waals surface area (Å²) in [5.74, 6) is 0.399. The molecule has 1 saturated heterocycles. The molecule has 0 aromatic heterocycles. The number of amides is 2. The molecule has 0 radical (unpaired) electrons. The van der Waals surface area contributed by atoms with Crippen molar-refractivity contribution >= 4 is 17.4 Å². The Morgan fingerprint density at radius 1 is 1.12 bits per heavy atom. The quantitative estimate of drug-likeness (QED) is 0.729.